The molecule has 0 bridgehead atoms. The Labute approximate surface area is 120 Å². The predicted molar refractivity (Wildman–Crippen MR) is 77.7 cm³/mol. The SMILES string of the molecule is CCCCCS(=O)(=O)CC(N)c1ccc2c(c1)OCO2. The standard InChI is InChI=1S/C14H21NO4S/c1-2-3-4-7-20(16,17)9-12(15)11-5-6-13-14(8-11)19-10-18-13/h5-6,8,12H,2-4,7,9-10,15H2,1H3. The van der Waals surface area contributed by atoms with E-state index in [0.717, 1.165) is 18.4 Å². The summed E-state index contributed by atoms with van der Waals surface area (Å²) in [6.45, 7) is 2.24. The number of hydrogen-bond donors (Lipinski definition) is 1. The Morgan fingerprint density at radius 3 is 2.75 bits per heavy atom. The molecule has 5 nitrogen and oxygen atoms in total. The molecule has 1 unspecified atom stereocenters. The molecule has 0 aliphatic carbocycles. The molecule has 1 aliphatic rings. The van der Waals surface area contributed by atoms with Crippen molar-refractivity contribution in [3.63, 3.8) is 0 Å². The highest BCUT2D eigenvalue weighted by Gasteiger charge is 2.20. The van der Waals surface area contributed by atoms with Crippen molar-refractivity contribution in [1.29, 1.82) is 0 Å². The van der Waals surface area contributed by atoms with Crippen LogP contribution in [0.15, 0.2) is 18.2 Å². The number of nitrogens with two attached hydrogens (primary N) is 1. The van der Waals surface area contributed by atoms with Crippen LogP contribution >= 0.6 is 0 Å². The fourth-order valence-electron chi connectivity index (χ4n) is 2.17. The van der Waals surface area contributed by atoms with Crippen LogP contribution in [0.25, 0.3) is 0 Å². The van der Waals surface area contributed by atoms with E-state index < -0.39 is 15.9 Å². The van der Waals surface area contributed by atoms with Crippen LogP contribution in [0.1, 0.15) is 37.8 Å². The molecule has 1 aromatic rings. The molecule has 6 heteroatoms. The van der Waals surface area contributed by atoms with Gasteiger partial charge in [0.2, 0.25) is 6.79 Å². The van der Waals surface area contributed by atoms with Gasteiger partial charge in [0, 0.05) is 6.04 Å². The van der Waals surface area contributed by atoms with Gasteiger partial charge in [0.05, 0.1) is 11.5 Å². The Kier molecular flexibility index (Phi) is 4.88. The zero-order chi connectivity index (χ0) is 14.6. The minimum Gasteiger partial charge on any atom is -0.454 e. The van der Waals surface area contributed by atoms with Gasteiger partial charge in [-0.1, -0.05) is 25.8 Å². The smallest absolute Gasteiger partial charge is 0.231 e. The Bertz CT molecular complexity index is 556. The molecule has 0 aromatic heterocycles. The van der Waals surface area contributed by atoms with Crippen LogP contribution in [0.5, 0.6) is 11.5 Å². The van der Waals surface area contributed by atoms with E-state index in [1.165, 1.54) is 0 Å². The van der Waals surface area contributed by atoms with Crippen molar-refractivity contribution in [2.45, 2.75) is 32.2 Å². The first-order valence-electron chi connectivity index (χ1n) is 6.87. The van der Waals surface area contributed by atoms with Crippen molar-refractivity contribution in [3.8, 4) is 11.5 Å². The van der Waals surface area contributed by atoms with Gasteiger partial charge in [-0.2, -0.15) is 0 Å². The second-order valence-corrected chi connectivity index (χ2v) is 7.27. The maximum absolute atomic E-state index is 12.0. The number of hydrogen-bond acceptors (Lipinski definition) is 5. The fourth-order valence-corrected chi connectivity index (χ4v) is 3.72. The summed E-state index contributed by atoms with van der Waals surface area (Å²) >= 11 is 0. The summed E-state index contributed by atoms with van der Waals surface area (Å²) in [5.41, 5.74) is 6.76. The Morgan fingerprint density at radius 2 is 2.00 bits per heavy atom. The third kappa shape index (κ3) is 3.86. The van der Waals surface area contributed by atoms with Crippen LogP contribution in [0.2, 0.25) is 0 Å². The number of benzene rings is 1. The zero-order valence-electron chi connectivity index (χ0n) is 11.7. The summed E-state index contributed by atoms with van der Waals surface area (Å²) in [4.78, 5) is 0. The lowest BCUT2D eigenvalue weighted by molar-refractivity contribution is 0.174. The third-order valence-corrected chi connectivity index (χ3v) is 5.09. The zero-order valence-corrected chi connectivity index (χ0v) is 12.5. The van der Waals surface area contributed by atoms with Crippen LogP contribution in [-0.2, 0) is 9.84 Å². The average Bonchev–Trinajstić information content (AvgIpc) is 2.85. The van der Waals surface area contributed by atoms with Crippen LogP contribution in [-0.4, -0.2) is 26.7 Å². The van der Waals surface area contributed by atoms with E-state index in [2.05, 4.69) is 0 Å². The minimum atomic E-state index is -3.11. The first kappa shape index (κ1) is 15.1. The molecule has 0 spiro atoms. The number of rotatable bonds is 7. The van der Waals surface area contributed by atoms with E-state index >= 15 is 0 Å². The molecule has 1 aromatic carbocycles. The second kappa shape index (κ2) is 6.45. The third-order valence-electron chi connectivity index (χ3n) is 3.32. The number of unbranched alkanes of at least 4 members (excludes halogenated alkanes) is 2. The second-order valence-electron chi connectivity index (χ2n) is 5.04. The van der Waals surface area contributed by atoms with Crippen molar-refractivity contribution in [2.75, 3.05) is 18.3 Å². The molecule has 1 heterocycles. The minimum absolute atomic E-state index is 0.0314. The topological polar surface area (TPSA) is 78.6 Å². The van der Waals surface area contributed by atoms with E-state index in [-0.39, 0.29) is 18.3 Å². The molecule has 2 N–H and O–H groups in total. The van der Waals surface area contributed by atoms with E-state index in [1.807, 2.05) is 6.92 Å². The van der Waals surface area contributed by atoms with Gasteiger partial charge in [0.15, 0.2) is 21.3 Å². The molecule has 0 radical (unpaired) electrons. The number of sulfone groups is 1. The van der Waals surface area contributed by atoms with Gasteiger partial charge < -0.3 is 15.2 Å². The number of fused-ring (bicyclic) bond motifs is 1. The Balaban J connectivity index is 1.99. The van der Waals surface area contributed by atoms with Gasteiger partial charge >= 0.3 is 0 Å². The normalized spacial score (nSPS) is 15.3. The summed E-state index contributed by atoms with van der Waals surface area (Å²) < 4.78 is 34.5. The summed E-state index contributed by atoms with van der Waals surface area (Å²) in [7, 11) is -3.11. The van der Waals surface area contributed by atoms with Crippen molar-refractivity contribution in [2.24, 2.45) is 5.73 Å². The van der Waals surface area contributed by atoms with Gasteiger partial charge in [-0.25, -0.2) is 8.42 Å². The molecule has 2 rings (SSSR count). The van der Waals surface area contributed by atoms with Gasteiger partial charge in [-0.15, -0.1) is 0 Å². The van der Waals surface area contributed by atoms with Crippen molar-refractivity contribution < 1.29 is 17.9 Å². The summed E-state index contributed by atoms with van der Waals surface area (Å²) in [6.07, 6.45) is 2.63. The average molecular weight is 299 g/mol. The Hall–Kier alpha value is -1.27. The lowest BCUT2D eigenvalue weighted by atomic mass is 10.1. The van der Waals surface area contributed by atoms with Gasteiger partial charge in [-0.3, -0.25) is 0 Å². The molecule has 1 aliphatic heterocycles. The maximum Gasteiger partial charge on any atom is 0.231 e. The predicted octanol–water partition coefficient (Wildman–Crippen LogP) is 2.02. The van der Waals surface area contributed by atoms with Crippen LogP contribution < -0.4 is 15.2 Å². The van der Waals surface area contributed by atoms with Gasteiger partial charge in [-0.05, 0) is 24.1 Å². The molecule has 0 fully saturated rings. The van der Waals surface area contributed by atoms with Crippen LogP contribution in [0.3, 0.4) is 0 Å². The van der Waals surface area contributed by atoms with Gasteiger partial charge in [0.1, 0.15) is 0 Å². The molecule has 112 valence electrons. The van der Waals surface area contributed by atoms with Crippen LogP contribution in [0, 0.1) is 0 Å². The first-order valence-corrected chi connectivity index (χ1v) is 8.69. The van der Waals surface area contributed by atoms with Crippen LogP contribution in [0.4, 0.5) is 0 Å². The molecular weight excluding hydrogens is 278 g/mol. The molecule has 0 saturated carbocycles. The quantitative estimate of drug-likeness (QED) is 0.779. The van der Waals surface area contributed by atoms with E-state index in [1.54, 1.807) is 18.2 Å². The fraction of sp³-hybridized carbons (Fsp3) is 0.571. The summed E-state index contributed by atoms with van der Waals surface area (Å²) in [5.74, 6) is 1.48. The maximum atomic E-state index is 12.0. The highest BCUT2D eigenvalue weighted by Crippen LogP contribution is 2.34. The highest BCUT2D eigenvalue weighted by molar-refractivity contribution is 7.91. The molecule has 0 saturated heterocycles. The summed E-state index contributed by atoms with van der Waals surface area (Å²) in [6, 6.07) is 4.78. The van der Waals surface area contributed by atoms with E-state index in [0.29, 0.717) is 17.9 Å². The lowest BCUT2D eigenvalue weighted by Gasteiger charge is -2.13. The largest absolute Gasteiger partial charge is 0.454 e. The molecule has 1 atom stereocenters. The van der Waals surface area contributed by atoms with Crippen molar-refractivity contribution in [1.82, 2.24) is 0 Å². The van der Waals surface area contributed by atoms with Gasteiger partial charge in [0.25, 0.3) is 0 Å². The lowest BCUT2D eigenvalue weighted by Crippen LogP contribution is -2.23. The Morgan fingerprint density at radius 1 is 1.25 bits per heavy atom. The van der Waals surface area contributed by atoms with E-state index in [4.69, 9.17) is 15.2 Å². The number of ether oxygens (including phenoxy) is 2. The molecule has 0 amide bonds. The first-order chi connectivity index (χ1) is 9.52. The monoisotopic (exact) mass is 299 g/mol. The van der Waals surface area contributed by atoms with E-state index in [9.17, 15) is 8.42 Å². The van der Waals surface area contributed by atoms with Crippen molar-refractivity contribution >= 4 is 9.84 Å². The molecule has 20 heavy (non-hydrogen) atoms. The molecular formula is C14H21NO4S. The highest BCUT2D eigenvalue weighted by atomic mass is 32.2. The van der Waals surface area contributed by atoms with Crippen molar-refractivity contribution in [3.05, 3.63) is 23.8 Å². The summed E-state index contributed by atoms with van der Waals surface area (Å²) in [5, 5.41) is 0.